The van der Waals surface area contributed by atoms with Crippen LogP contribution in [0.3, 0.4) is 0 Å². The van der Waals surface area contributed by atoms with E-state index >= 15 is 0 Å². The molecular weight excluding hydrogens is 144 g/mol. The number of hydrogen-bond donors (Lipinski definition) is 0. The first-order valence-electron chi connectivity index (χ1n) is 4.09. The smallest absolute Gasteiger partial charge is 0.173 e. The third-order valence-electron chi connectivity index (χ3n) is 1.61. The third kappa shape index (κ3) is 4.96. The van der Waals surface area contributed by atoms with E-state index in [-0.39, 0.29) is 0 Å². The van der Waals surface area contributed by atoms with E-state index in [0.717, 1.165) is 19.8 Å². The summed E-state index contributed by atoms with van der Waals surface area (Å²) >= 11 is 0. The Bertz CT molecular complexity index is 76.9. The number of hydrogen-bond acceptors (Lipinski definition) is 2. The summed E-state index contributed by atoms with van der Waals surface area (Å²) in [5.41, 5.74) is 0. The van der Waals surface area contributed by atoms with E-state index in [0.29, 0.717) is 0 Å². The molecule has 2 nitrogen and oxygen atoms in total. The summed E-state index contributed by atoms with van der Waals surface area (Å²) in [5.74, 6) is 0. The molecule has 0 N–H and O–H groups in total. The zero-order valence-corrected chi connectivity index (χ0v) is 7.79. The van der Waals surface area contributed by atoms with E-state index in [9.17, 15) is 0 Å². The van der Waals surface area contributed by atoms with Crippen molar-refractivity contribution in [3.63, 3.8) is 0 Å². The first-order valence-corrected chi connectivity index (χ1v) is 6.53. The van der Waals surface area contributed by atoms with E-state index in [1.54, 1.807) is 0 Å². The van der Waals surface area contributed by atoms with E-state index in [2.05, 4.69) is 11.3 Å². The Morgan fingerprint density at radius 2 is 1.80 bits per heavy atom. The van der Waals surface area contributed by atoms with Crippen LogP contribution in [0.5, 0.6) is 0 Å². The normalized spacial score (nSPS) is 30.3. The minimum absolute atomic E-state index is 0.595. The molecule has 10 heavy (non-hydrogen) atoms. The molecule has 0 radical (unpaired) electrons. The molecule has 2 heterocycles. The summed E-state index contributed by atoms with van der Waals surface area (Å²) in [6, 6.07) is 1.40. The van der Waals surface area contributed by atoms with Crippen LogP contribution in [0.2, 0.25) is 12.6 Å². The van der Waals surface area contributed by atoms with Gasteiger partial charge in [-0.1, -0.05) is 6.42 Å². The molecule has 0 aliphatic carbocycles. The van der Waals surface area contributed by atoms with Crippen molar-refractivity contribution in [2.75, 3.05) is 19.8 Å². The summed E-state index contributed by atoms with van der Waals surface area (Å²) in [5, 5.41) is 0. The summed E-state index contributed by atoms with van der Waals surface area (Å²) in [4.78, 5) is 0. The zero-order valence-electron chi connectivity index (χ0n) is 6.64. The SMILES string of the molecule is C1CO1.C[SiH]1CCCCO1. The van der Waals surface area contributed by atoms with Crippen LogP contribution in [-0.4, -0.2) is 28.9 Å². The lowest BCUT2D eigenvalue weighted by Crippen LogP contribution is -2.18. The van der Waals surface area contributed by atoms with Crippen LogP contribution in [0.4, 0.5) is 0 Å². The Labute approximate surface area is 64.3 Å². The van der Waals surface area contributed by atoms with Crippen molar-refractivity contribution in [1.82, 2.24) is 0 Å². The van der Waals surface area contributed by atoms with Crippen LogP contribution in [0.15, 0.2) is 0 Å². The number of ether oxygens (including phenoxy) is 1. The fourth-order valence-corrected chi connectivity index (χ4v) is 2.50. The Balaban J connectivity index is 0.000000138. The quantitative estimate of drug-likeness (QED) is 0.392. The van der Waals surface area contributed by atoms with E-state index < -0.39 is 9.04 Å². The van der Waals surface area contributed by atoms with Gasteiger partial charge in [-0.2, -0.15) is 0 Å². The Morgan fingerprint density at radius 1 is 1.10 bits per heavy atom. The summed E-state index contributed by atoms with van der Waals surface area (Å²) in [7, 11) is -0.595. The van der Waals surface area contributed by atoms with Crippen molar-refractivity contribution in [3.8, 4) is 0 Å². The highest BCUT2D eigenvalue weighted by atomic mass is 28.3. The number of rotatable bonds is 0. The maximum atomic E-state index is 5.42. The average molecular weight is 160 g/mol. The van der Waals surface area contributed by atoms with Gasteiger partial charge in [0.05, 0.1) is 13.2 Å². The van der Waals surface area contributed by atoms with Gasteiger partial charge < -0.3 is 9.16 Å². The molecule has 0 amide bonds. The molecule has 2 fully saturated rings. The molecule has 2 saturated heterocycles. The summed E-state index contributed by atoms with van der Waals surface area (Å²) in [6.45, 7) is 5.33. The molecule has 0 bridgehead atoms. The third-order valence-corrected chi connectivity index (χ3v) is 3.64. The van der Waals surface area contributed by atoms with Gasteiger partial charge in [-0.15, -0.1) is 0 Å². The molecule has 1 unspecified atom stereocenters. The maximum Gasteiger partial charge on any atom is 0.173 e. The summed E-state index contributed by atoms with van der Waals surface area (Å²) in [6.07, 6.45) is 2.73. The van der Waals surface area contributed by atoms with Gasteiger partial charge >= 0.3 is 0 Å². The maximum absolute atomic E-state index is 5.42. The van der Waals surface area contributed by atoms with Gasteiger partial charge in [-0.25, -0.2) is 0 Å². The van der Waals surface area contributed by atoms with Crippen LogP contribution in [0.25, 0.3) is 0 Å². The molecule has 0 saturated carbocycles. The second kappa shape index (κ2) is 4.88. The van der Waals surface area contributed by atoms with Crippen molar-refractivity contribution in [3.05, 3.63) is 0 Å². The van der Waals surface area contributed by atoms with Crippen molar-refractivity contribution < 1.29 is 9.16 Å². The molecule has 1 atom stereocenters. The Morgan fingerprint density at radius 3 is 2.00 bits per heavy atom. The van der Waals surface area contributed by atoms with Gasteiger partial charge in [-0.3, -0.25) is 0 Å². The van der Waals surface area contributed by atoms with Crippen molar-refractivity contribution in [1.29, 1.82) is 0 Å². The van der Waals surface area contributed by atoms with Crippen LogP contribution >= 0.6 is 0 Å². The van der Waals surface area contributed by atoms with Gasteiger partial charge in [0.25, 0.3) is 0 Å². The monoisotopic (exact) mass is 160 g/mol. The van der Waals surface area contributed by atoms with Gasteiger partial charge in [0.2, 0.25) is 0 Å². The highest BCUT2D eigenvalue weighted by molar-refractivity contribution is 6.50. The second-order valence-electron chi connectivity index (χ2n) is 2.79. The van der Waals surface area contributed by atoms with E-state index in [1.165, 1.54) is 18.9 Å². The van der Waals surface area contributed by atoms with E-state index in [4.69, 9.17) is 4.43 Å². The fourth-order valence-electron chi connectivity index (χ4n) is 0.902. The molecular formula is C7H16O2Si. The second-order valence-corrected chi connectivity index (χ2v) is 5.32. The topological polar surface area (TPSA) is 21.8 Å². The molecule has 2 aliphatic rings. The lowest BCUT2D eigenvalue weighted by Gasteiger charge is -2.16. The van der Waals surface area contributed by atoms with Gasteiger partial charge in [0.15, 0.2) is 9.04 Å². The van der Waals surface area contributed by atoms with E-state index in [1.807, 2.05) is 0 Å². The van der Waals surface area contributed by atoms with Crippen LogP contribution < -0.4 is 0 Å². The average Bonchev–Trinajstić information content (AvgIpc) is 2.73. The predicted octanol–water partition coefficient (Wildman–Crippen LogP) is 1.17. The molecule has 0 spiro atoms. The molecule has 0 aromatic heterocycles. The van der Waals surface area contributed by atoms with Gasteiger partial charge in [0, 0.05) is 6.61 Å². The van der Waals surface area contributed by atoms with Crippen LogP contribution in [0, 0.1) is 0 Å². The minimum atomic E-state index is -0.595. The first kappa shape index (κ1) is 8.24. The van der Waals surface area contributed by atoms with Crippen molar-refractivity contribution in [2.24, 2.45) is 0 Å². The molecule has 0 aromatic carbocycles. The number of epoxide rings is 1. The Kier molecular flexibility index (Phi) is 4.02. The first-order chi connectivity index (χ1) is 4.89. The predicted molar refractivity (Wildman–Crippen MR) is 43.8 cm³/mol. The van der Waals surface area contributed by atoms with Crippen LogP contribution in [-0.2, 0) is 9.16 Å². The largest absolute Gasteiger partial charge is 0.420 e. The van der Waals surface area contributed by atoms with Crippen molar-refractivity contribution in [2.45, 2.75) is 25.4 Å². The Hall–Kier alpha value is 0.137. The molecule has 2 aliphatic heterocycles. The standard InChI is InChI=1S/C5H12OSi.C2H4O/c1-7-5-3-2-4-6-7;1-2-3-1/h7H,2-5H2,1H3;1-2H2. The van der Waals surface area contributed by atoms with Crippen LogP contribution in [0.1, 0.15) is 12.8 Å². The van der Waals surface area contributed by atoms with Gasteiger partial charge in [0.1, 0.15) is 0 Å². The lowest BCUT2D eigenvalue weighted by atomic mass is 10.4. The highest BCUT2D eigenvalue weighted by Crippen LogP contribution is 2.09. The molecule has 0 aromatic rings. The minimum Gasteiger partial charge on any atom is -0.420 e. The highest BCUT2D eigenvalue weighted by Gasteiger charge is 2.08. The molecule has 60 valence electrons. The molecule has 2 rings (SSSR count). The zero-order chi connectivity index (χ0) is 7.23. The van der Waals surface area contributed by atoms with Gasteiger partial charge in [-0.05, 0) is 19.0 Å². The summed E-state index contributed by atoms with van der Waals surface area (Å²) < 4.78 is 9.92. The molecule has 3 heteroatoms. The fraction of sp³-hybridized carbons (Fsp3) is 1.00. The lowest BCUT2D eigenvalue weighted by molar-refractivity contribution is 0.291. The van der Waals surface area contributed by atoms with Crippen molar-refractivity contribution >= 4 is 9.04 Å².